The normalized spacial score (nSPS) is 11.1. The highest BCUT2D eigenvalue weighted by Gasteiger charge is 2.29. The molecule has 2 N–H and O–H groups in total. The molecule has 0 fully saturated rings. The summed E-state index contributed by atoms with van der Waals surface area (Å²) >= 11 is 0. The predicted molar refractivity (Wildman–Crippen MR) is 53.6 cm³/mol. The van der Waals surface area contributed by atoms with Crippen molar-refractivity contribution in [2.75, 3.05) is 0 Å². The second-order valence-corrected chi connectivity index (χ2v) is 3.51. The molecule has 8 heteroatoms. The zero-order valence-corrected chi connectivity index (χ0v) is 8.52. The highest BCUT2D eigenvalue weighted by atomic mass is 19.2. The summed E-state index contributed by atoms with van der Waals surface area (Å²) in [5, 5.41) is 16.0. The van der Waals surface area contributed by atoms with E-state index in [0.29, 0.717) is 6.07 Å². The van der Waals surface area contributed by atoms with Crippen molar-refractivity contribution in [2.24, 2.45) is 0 Å². The standard InChI is InChI=1S/C10H4BF5O2/c12-4-2-1-3-5(7(4)13)8(14)10(16)9(15)6(3)11(17)18/h1-2,17-18H. The van der Waals surface area contributed by atoms with Crippen LogP contribution < -0.4 is 5.46 Å². The van der Waals surface area contributed by atoms with Gasteiger partial charge in [0.2, 0.25) is 0 Å². The third kappa shape index (κ3) is 1.65. The number of halogens is 5. The van der Waals surface area contributed by atoms with Crippen LogP contribution in [0.25, 0.3) is 10.8 Å². The number of hydrogen-bond donors (Lipinski definition) is 2. The summed E-state index contributed by atoms with van der Waals surface area (Å²) in [6.07, 6.45) is 0. The van der Waals surface area contributed by atoms with Crippen molar-refractivity contribution in [2.45, 2.75) is 0 Å². The van der Waals surface area contributed by atoms with E-state index in [1.54, 1.807) is 0 Å². The van der Waals surface area contributed by atoms with Gasteiger partial charge in [-0.05, 0) is 11.5 Å². The van der Waals surface area contributed by atoms with Crippen molar-refractivity contribution in [3.63, 3.8) is 0 Å². The molecule has 0 radical (unpaired) electrons. The smallest absolute Gasteiger partial charge is 0.423 e. The Morgan fingerprint density at radius 2 is 1.39 bits per heavy atom. The first kappa shape index (κ1) is 12.8. The lowest BCUT2D eigenvalue weighted by atomic mass is 9.76. The van der Waals surface area contributed by atoms with Crippen LogP contribution in [0.5, 0.6) is 0 Å². The lowest BCUT2D eigenvalue weighted by molar-refractivity contribution is 0.416. The predicted octanol–water partition coefficient (Wildman–Crippen LogP) is 1.22. The molecule has 0 aromatic heterocycles. The molecule has 2 nitrogen and oxygen atoms in total. The third-order valence-corrected chi connectivity index (χ3v) is 2.48. The van der Waals surface area contributed by atoms with Crippen molar-refractivity contribution >= 4 is 23.4 Å². The van der Waals surface area contributed by atoms with Crippen LogP contribution in [0.3, 0.4) is 0 Å². The van der Waals surface area contributed by atoms with E-state index in [-0.39, 0.29) is 0 Å². The van der Waals surface area contributed by atoms with Gasteiger partial charge in [-0.15, -0.1) is 0 Å². The number of hydrogen-bond acceptors (Lipinski definition) is 2. The Morgan fingerprint density at radius 3 is 1.94 bits per heavy atom. The first-order chi connectivity index (χ1) is 8.36. The van der Waals surface area contributed by atoms with Gasteiger partial charge in [-0.1, -0.05) is 6.07 Å². The number of rotatable bonds is 1. The molecule has 0 unspecified atom stereocenters. The molecular formula is C10H4BF5O2. The average Bonchev–Trinajstić information content (AvgIpc) is 2.30. The van der Waals surface area contributed by atoms with Crippen LogP contribution in [0.1, 0.15) is 0 Å². The maximum Gasteiger partial charge on any atom is 0.492 e. The molecule has 0 aliphatic carbocycles. The largest absolute Gasteiger partial charge is 0.492 e. The highest BCUT2D eigenvalue weighted by Crippen LogP contribution is 2.25. The van der Waals surface area contributed by atoms with E-state index < -0.39 is 52.4 Å². The monoisotopic (exact) mass is 262 g/mol. The molecule has 0 aliphatic heterocycles. The van der Waals surface area contributed by atoms with E-state index >= 15 is 0 Å². The fourth-order valence-corrected chi connectivity index (χ4v) is 1.68. The summed E-state index contributed by atoms with van der Waals surface area (Å²) in [7, 11) is -2.49. The van der Waals surface area contributed by atoms with Crippen molar-refractivity contribution in [3.05, 3.63) is 41.2 Å². The molecule has 2 rings (SSSR count). The van der Waals surface area contributed by atoms with E-state index in [0.717, 1.165) is 6.07 Å². The van der Waals surface area contributed by atoms with Crippen LogP contribution in [-0.4, -0.2) is 17.2 Å². The fourth-order valence-electron chi connectivity index (χ4n) is 1.68. The fraction of sp³-hybridized carbons (Fsp3) is 0. The Labute approximate surface area is 97.4 Å². The van der Waals surface area contributed by atoms with Gasteiger partial charge >= 0.3 is 7.12 Å². The summed E-state index contributed by atoms with van der Waals surface area (Å²) < 4.78 is 66.1. The summed E-state index contributed by atoms with van der Waals surface area (Å²) in [6.45, 7) is 0. The Bertz CT molecular complexity index is 644. The van der Waals surface area contributed by atoms with Crippen LogP contribution >= 0.6 is 0 Å². The lowest BCUT2D eigenvalue weighted by Crippen LogP contribution is -2.35. The van der Waals surface area contributed by atoms with Gasteiger partial charge in [0.05, 0.1) is 5.39 Å². The number of fused-ring (bicyclic) bond motifs is 1. The topological polar surface area (TPSA) is 40.5 Å². The van der Waals surface area contributed by atoms with Crippen LogP contribution in [0.15, 0.2) is 12.1 Å². The Hall–Kier alpha value is -1.67. The first-order valence-electron chi connectivity index (χ1n) is 4.66. The van der Waals surface area contributed by atoms with Gasteiger partial charge in [0.1, 0.15) is 0 Å². The van der Waals surface area contributed by atoms with Crippen molar-refractivity contribution in [1.82, 2.24) is 0 Å². The van der Waals surface area contributed by atoms with E-state index in [1.165, 1.54) is 0 Å². The SMILES string of the molecule is OB(O)c1c(F)c(F)c(F)c2c(F)c(F)ccc12. The Morgan fingerprint density at radius 1 is 0.778 bits per heavy atom. The van der Waals surface area contributed by atoms with E-state index in [1.807, 2.05) is 0 Å². The molecule has 18 heavy (non-hydrogen) atoms. The van der Waals surface area contributed by atoms with E-state index in [9.17, 15) is 22.0 Å². The van der Waals surface area contributed by atoms with Gasteiger partial charge < -0.3 is 10.0 Å². The van der Waals surface area contributed by atoms with Gasteiger partial charge in [-0.2, -0.15) is 0 Å². The molecule has 0 heterocycles. The summed E-state index contributed by atoms with van der Waals surface area (Å²) in [6, 6.07) is 1.27. The molecule has 2 aromatic rings. The molecule has 0 bridgehead atoms. The third-order valence-electron chi connectivity index (χ3n) is 2.48. The van der Waals surface area contributed by atoms with Gasteiger partial charge in [0.25, 0.3) is 0 Å². The van der Waals surface area contributed by atoms with E-state index in [4.69, 9.17) is 10.0 Å². The molecule has 0 atom stereocenters. The summed E-state index contributed by atoms with van der Waals surface area (Å²) in [5.74, 6) is -9.09. The molecule has 94 valence electrons. The molecule has 0 saturated carbocycles. The highest BCUT2D eigenvalue weighted by molar-refractivity contribution is 6.62. The maximum absolute atomic E-state index is 13.4. The molecule has 2 aromatic carbocycles. The maximum atomic E-state index is 13.4. The van der Waals surface area contributed by atoms with Gasteiger partial charge in [0.15, 0.2) is 29.1 Å². The molecule has 0 spiro atoms. The lowest BCUT2D eigenvalue weighted by Gasteiger charge is -2.10. The van der Waals surface area contributed by atoms with Crippen LogP contribution in [0.4, 0.5) is 22.0 Å². The summed E-state index contributed by atoms with van der Waals surface area (Å²) in [5.41, 5.74) is -1.05. The summed E-state index contributed by atoms with van der Waals surface area (Å²) in [4.78, 5) is 0. The zero-order chi connectivity index (χ0) is 13.6. The van der Waals surface area contributed by atoms with Crippen LogP contribution in [0.2, 0.25) is 0 Å². The van der Waals surface area contributed by atoms with Gasteiger partial charge in [-0.3, -0.25) is 0 Å². The van der Waals surface area contributed by atoms with E-state index in [2.05, 4.69) is 0 Å². The van der Waals surface area contributed by atoms with Crippen molar-refractivity contribution in [1.29, 1.82) is 0 Å². The minimum absolute atomic E-state index is 0.542. The second-order valence-electron chi connectivity index (χ2n) is 3.51. The Balaban J connectivity index is 3.07. The quantitative estimate of drug-likeness (QED) is 0.460. The van der Waals surface area contributed by atoms with Crippen LogP contribution in [-0.2, 0) is 0 Å². The molecular weight excluding hydrogens is 258 g/mol. The zero-order valence-electron chi connectivity index (χ0n) is 8.52. The minimum Gasteiger partial charge on any atom is -0.423 e. The second kappa shape index (κ2) is 4.22. The van der Waals surface area contributed by atoms with Crippen LogP contribution in [0, 0.1) is 29.1 Å². The van der Waals surface area contributed by atoms with Gasteiger partial charge in [0, 0.05) is 5.46 Å². The van der Waals surface area contributed by atoms with Crippen molar-refractivity contribution in [3.8, 4) is 0 Å². The first-order valence-corrected chi connectivity index (χ1v) is 4.66. The van der Waals surface area contributed by atoms with Crippen molar-refractivity contribution < 1.29 is 32.0 Å². The molecule has 0 aliphatic rings. The average molecular weight is 262 g/mol. The minimum atomic E-state index is -2.49. The Kier molecular flexibility index (Phi) is 3.00. The molecule has 0 saturated heterocycles. The number of benzene rings is 2. The molecule has 0 amide bonds. The van der Waals surface area contributed by atoms with Gasteiger partial charge in [-0.25, -0.2) is 22.0 Å².